The van der Waals surface area contributed by atoms with Crippen LogP contribution >= 0.6 is 15.9 Å². The lowest BCUT2D eigenvalue weighted by molar-refractivity contribution is 0.0560. The monoisotopic (exact) mass is 248 g/mol. The van der Waals surface area contributed by atoms with Crippen molar-refractivity contribution in [2.24, 2.45) is 5.92 Å². The highest BCUT2D eigenvalue weighted by Gasteiger charge is 2.12. The maximum absolute atomic E-state index is 5.38. The Morgan fingerprint density at radius 3 is 3.15 bits per heavy atom. The van der Waals surface area contributed by atoms with Gasteiger partial charge in [-0.15, -0.1) is 0 Å². The van der Waals surface area contributed by atoms with Gasteiger partial charge in [0.2, 0.25) is 0 Å². The second-order valence-electron chi connectivity index (χ2n) is 3.23. The molecule has 1 aliphatic rings. The molecule has 0 amide bonds. The summed E-state index contributed by atoms with van der Waals surface area (Å²) in [6.07, 6.45) is 4.41. The molecule has 1 atom stereocenters. The van der Waals surface area contributed by atoms with E-state index in [0.29, 0.717) is 5.92 Å². The molecule has 0 radical (unpaired) electrons. The van der Waals surface area contributed by atoms with Crippen LogP contribution in [0, 0.1) is 5.92 Å². The lowest BCUT2D eigenvalue weighted by Crippen LogP contribution is -2.27. The van der Waals surface area contributed by atoms with Crippen molar-refractivity contribution in [3.8, 4) is 0 Å². The summed E-state index contributed by atoms with van der Waals surface area (Å²) in [6, 6.07) is 0. The van der Waals surface area contributed by atoms with Gasteiger partial charge in [0.1, 0.15) is 0 Å². The Morgan fingerprint density at radius 2 is 2.54 bits per heavy atom. The van der Waals surface area contributed by atoms with Gasteiger partial charge in [0.05, 0.1) is 11.2 Å². The van der Waals surface area contributed by atoms with Crippen LogP contribution in [0.15, 0.2) is 10.8 Å². The lowest BCUT2D eigenvalue weighted by atomic mass is 10.0. The summed E-state index contributed by atoms with van der Waals surface area (Å²) in [5.41, 5.74) is 0. The summed E-state index contributed by atoms with van der Waals surface area (Å²) < 4.78 is 6.35. The molecule has 1 saturated heterocycles. The Kier molecular flexibility index (Phi) is 5.23. The zero-order valence-corrected chi connectivity index (χ0v) is 9.56. The van der Waals surface area contributed by atoms with Crippen molar-refractivity contribution in [3.05, 3.63) is 10.8 Å². The fourth-order valence-electron chi connectivity index (χ4n) is 1.36. The first-order valence-corrected chi connectivity index (χ1v) is 5.46. The Morgan fingerprint density at radius 1 is 1.69 bits per heavy atom. The summed E-state index contributed by atoms with van der Waals surface area (Å²) in [5, 5.41) is 6.24. The van der Waals surface area contributed by atoms with E-state index >= 15 is 0 Å². The van der Waals surface area contributed by atoms with Crippen LogP contribution in [-0.4, -0.2) is 26.8 Å². The van der Waals surface area contributed by atoms with Crippen molar-refractivity contribution >= 4 is 15.9 Å². The van der Waals surface area contributed by atoms with Crippen LogP contribution in [-0.2, 0) is 4.74 Å². The highest BCUT2D eigenvalue weighted by atomic mass is 79.9. The first kappa shape index (κ1) is 10.9. The van der Waals surface area contributed by atoms with E-state index in [9.17, 15) is 0 Å². The van der Waals surface area contributed by atoms with E-state index < -0.39 is 0 Å². The molecule has 0 aromatic carbocycles. The molecule has 1 aliphatic heterocycles. The van der Waals surface area contributed by atoms with Gasteiger partial charge in [0, 0.05) is 26.4 Å². The molecule has 13 heavy (non-hydrogen) atoms. The van der Waals surface area contributed by atoms with Gasteiger partial charge in [-0.05, 0) is 34.7 Å². The van der Waals surface area contributed by atoms with Crippen LogP contribution in [0.5, 0.6) is 0 Å². The predicted molar refractivity (Wildman–Crippen MR) is 57.6 cm³/mol. The van der Waals surface area contributed by atoms with Gasteiger partial charge in [-0.3, -0.25) is 0 Å². The second-order valence-corrected chi connectivity index (χ2v) is 4.09. The lowest BCUT2D eigenvalue weighted by Gasteiger charge is -2.21. The Labute approximate surface area is 88.0 Å². The van der Waals surface area contributed by atoms with E-state index in [-0.39, 0.29) is 0 Å². The first-order chi connectivity index (χ1) is 6.33. The zero-order chi connectivity index (χ0) is 9.52. The van der Waals surface area contributed by atoms with Crippen molar-refractivity contribution in [2.45, 2.75) is 12.8 Å². The van der Waals surface area contributed by atoms with Crippen LogP contribution in [0.25, 0.3) is 0 Å². The third-order valence-electron chi connectivity index (χ3n) is 2.13. The molecule has 4 heteroatoms. The zero-order valence-electron chi connectivity index (χ0n) is 7.98. The standard InChI is InChI=1S/C9H17BrN2O/c1-11-9(10)6-12-5-8-3-2-4-13-7-8/h6,8,11-12H,2-5,7H2,1H3/b9-6-. The summed E-state index contributed by atoms with van der Waals surface area (Å²) in [7, 11) is 1.88. The molecule has 2 N–H and O–H groups in total. The molecular formula is C9H17BrN2O. The van der Waals surface area contributed by atoms with Crippen molar-refractivity contribution < 1.29 is 4.74 Å². The summed E-state index contributed by atoms with van der Waals surface area (Å²) in [5.74, 6) is 0.669. The molecule has 1 fully saturated rings. The minimum atomic E-state index is 0.669. The van der Waals surface area contributed by atoms with E-state index in [1.165, 1.54) is 12.8 Å². The Bertz CT molecular complexity index is 167. The van der Waals surface area contributed by atoms with Gasteiger partial charge >= 0.3 is 0 Å². The van der Waals surface area contributed by atoms with Gasteiger partial charge < -0.3 is 15.4 Å². The summed E-state index contributed by atoms with van der Waals surface area (Å²) in [4.78, 5) is 0. The number of hydrogen-bond acceptors (Lipinski definition) is 3. The maximum atomic E-state index is 5.38. The molecule has 0 spiro atoms. The molecule has 1 heterocycles. The van der Waals surface area contributed by atoms with E-state index in [2.05, 4.69) is 26.6 Å². The SMILES string of the molecule is CN/C(Br)=C\NCC1CCCOC1. The molecule has 0 bridgehead atoms. The van der Waals surface area contributed by atoms with Crippen molar-refractivity contribution in [1.82, 2.24) is 10.6 Å². The fourth-order valence-corrected chi connectivity index (χ4v) is 1.52. The minimum absolute atomic E-state index is 0.669. The highest BCUT2D eigenvalue weighted by Crippen LogP contribution is 2.12. The number of halogens is 1. The first-order valence-electron chi connectivity index (χ1n) is 4.67. The molecule has 1 unspecified atom stereocenters. The predicted octanol–water partition coefficient (Wildman–Crippen LogP) is 1.42. The van der Waals surface area contributed by atoms with Crippen molar-refractivity contribution in [2.75, 3.05) is 26.8 Å². The molecule has 1 rings (SSSR count). The summed E-state index contributed by atoms with van der Waals surface area (Å²) in [6.45, 7) is 2.83. The summed E-state index contributed by atoms with van der Waals surface area (Å²) >= 11 is 3.36. The van der Waals surface area contributed by atoms with E-state index in [4.69, 9.17) is 4.74 Å². The van der Waals surface area contributed by atoms with Gasteiger partial charge in [0.25, 0.3) is 0 Å². The normalized spacial score (nSPS) is 24.2. The maximum Gasteiger partial charge on any atom is 0.0936 e. The van der Waals surface area contributed by atoms with Gasteiger partial charge in [-0.2, -0.15) is 0 Å². The molecule has 3 nitrogen and oxygen atoms in total. The van der Waals surface area contributed by atoms with E-state index in [1.807, 2.05) is 13.2 Å². The molecule has 0 saturated carbocycles. The molecule has 76 valence electrons. The number of nitrogens with one attached hydrogen (secondary N) is 2. The quantitative estimate of drug-likeness (QED) is 0.739. The van der Waals surface area contributed by atoms with Crippen molar-refractivity contribution in [1.29, 1.82) is 0 Å². The molecule has 0 aliphatic carbocycles. The van der Waals surface area contributed by atoms with Crippen LogP contribution in [0.4, 0.5) is 0 Å². The average Bonchev–Trinajstić information content (AvgIpc) is 2.19. The highest BCUT2D eigenvalue weighted by molar-refractivity contribution is 9.11. The largest absolute Gasteiger partial charge is 0.388 e. The van der Waals surface area contributed by atoms with Crippen LogP contribution in [0.1, 0.15) is 12.8 Å². The number of ether oxygens (including phenoxy) is 1. The number of rotatable bonds is 4. The van der Waals surface area contributed by atoms with Gasteiger partial charge in [-0.1, -0.05) is 0 Å². The third kappa shape index (κ3) is 4.52. The van der Waals surface area contributed by atoms with E-state index in [1.54, 1.807) is 0 Å². The van der Waals surface area contributed by atoms with Crippen LogP contribution in [0.3, 0.4) is 0 Å². The van der Waals surface area contributed by atoms with Crippen LogP contribution < -0.4 is 10.6 Å². The van der Waals surface area contributed by atoms with Crippen molar-refractivity contribution in [3.63, 3.8) is 0 Å². The second kappa shape index (κ2) is 6.27. The minimum Gasteiger partial charge on any atom is -0.388 e. The Balaban J connectivity index is 2.10. The molecule has 0 aromatic heterocycles. The smallest absolute Gasteiger partial charge is 0.0936 e. The van der Waals surface area contributed by atoms with Crippen LogP contribution in [0.2, 0.25) is 0 Å². The van der Waals surface area contributed by atoms with Gasteiger partial charge in [0.15, 0.2) is 0 Å². The van der Waals surface area contributed by atoms with Gasteiger partial charge in [-0.25, -0.2) is 0 Å². The van der Waals surface area contributed by atoms with E-state index in [0.717, 1.165) is 24.4 Å². The fraction of sp³-hybridized carbons (Fsp3) is 0.778. The Hall–Kier alpha value is -0.220. The average molecular weight is 249 g/mol. The number of hydrogen-bond donors (Lipinski definition) is 2. The molecular weight excluding hydrogens is 232 g/mol. The third-order valence-corrected chi connectivity index (χ3v) is 2.75. The topological polar surface area (TPSA) is 33.3 Å². The molecule has 0 aromatic rings.